The van der Waals surface area contributed by atoms with Gasteiger partial charge in [-0.2, -0.15) is 0 Å². The molecule has 4 heteroatoms. The minimum atomic E-state index is 0.414. The van der Waals surface area contributed by atoms with Crippen LogP contribution in [0.4, 0.5) is 5.69 Å². The van der Waals surface area contributed by atoms with Gasteiger partial charge in [0.25, 0.3) is 0 Å². The molecule has 0 fully saturated rings. The van der Waals surface area contributed by atoms with E-state index in [4.69, 9.17) is 11.6 Å². The van der Waals surface area contributed by atoms with Crippen LogP contribution in [0.1, 0.15) is 33.6 Å². The molecule has 1 unspecified atom stereocenters. The molecule has 2 rings (SSSR count). The molecule has 1 aromatic carbocycles. The van der Waals surface area contributed by atoms with Crippen LogP contribution in [-0.2, 0) is 0 Å². The van der Waals surface area contributed by atoms with Crippen LogP contribution in [0.25, 0.3) is 10.2 Å². The maximum absolute atomic E-state index is 6.27. The second kappa shape index (κ2) is 5.89. The van der Waals surface area contributed by atoms with Crippen LogP contribution >= 0.6 is 22.9 Å². The van der Waals surface area contributed by atoms with Crippen LogP contribution in [0.2, 0.25) is 5.02 Å². The van der Waals surface area contributed by atoms with Crippen LogP contribution in [0.5, 0.6) is 0 Å². The Labute approximate surface area is 117 Å². The third-order valence-electron chi connectivity index (χ3n) is 3.02. The van der Waals surface area contributed by atoms with Crippen molar-refractivity contribution in [2.75, 3.05) is 5.32 Å². The smallest absolute Gasteiger partial charge is 0.106 e. The first-order valence-electron chi connectivity index (χ1n) is 6.36. The Morgan fingerprint density at radius 3 is 2.78 bits per heavy atom. The van der Waals surface area contributed by atoms with Gasteiger partial charge in [0.1, 0.15) is 5.52 Å². The van der Waals surface area contributed by atoms with Crippen molar-refractivity contribution < 1.29 is 0 Å². The first-order valence-corrected chi connectivity index (χ1v) is 7.62. The molecule has 0 saturated heterocycles. The molecule has 0 saturated carbocycles. The first kappa shape index (κ1) is 13.6. The van der Waals surface area contributed by atoms with Crippen molar-refractivity contribution in [1.29, 1.82) is 0 Å². The second-order valence-corrected chi connectivity index (χ2v) is 6.43. The van der Waals surface area contributed by atoms with Crippen LogP contribution in [0.15, 0.2) is 17.6 Å². The number of fused-ring (bicyclic) bond motifs is 1. The van der Waals surface area contributed by atoms with Crippen LogP contribution < -0.4 is 5.32 Å². The van der Waals surface area contributed by atoms with Gasteiger partial charge >= 0.3 is 0 Å². The fraction of sp³-hybridized carbons (Fsp3) is 0.500. The highest BCUT2D eigenvalue weighted by Crippen LogP contribution is 2.33. The third-order valence-corrected chi connectivity index (χ3v) is 4.13. The van der Waals surface area contributed by atoms with Crippen molar-refractivity contribution in [2.45, 2.75) is 39.7 Å². The van der Waals surface area contributed by atoms with Crippen molar-refractivity contribution in [1.82, 2.24) is 4.98 Å². The third kappa shape index (κ3) is 3.15. The van der Waals surface area contributed by atoms with Crippen LogP contribution in [0.3, 0.4) is 0 Å². The number of aromatic nitrogens is 1. The molecule has 1 N–H and O–H groups in total. The van der Waals surface area contributed by atoms with Gasteiger partial charge in [-0.15, -0.1) is 11.3 Å². The van der Waals surface area contributed by atoms with Gasteiger partial charge in [0.15, 0.2) is 0 Å². The molecule has 98 valence electrons. The quantitative estimate of drug-likeness (QED) is 0.817. The SMILES string of the molecule is CC(C)CCC(C)Nc1c(Cl)ccc2scnc12. The molecular formula is C14H19ClN2S. The van der Waals surface area contributed by atoms with Gasteiger partial charge in [-0.1, -0.05) is 25.4 Å². The van der Waals surface area contributed by atoms with Gasteiger partial charge in [0, 0.05) is 6.04 Å². The molecule has 18 heavy (non-hydrogen) atoms. The summed E-state index contributed by atoms with van der Waals surface area (Å²) in [7, 11) is 0. The zero-order valence-corrected chi connectivity index (χ0v) is 12.6. The Morgan fingerprint density at radius 2 is 2.06 bits per heavy atom. The molecule has 0 aliphatic heterocycles. The molecule has 0 spiro atoms. The highest BCUT2D eigenvalue weighted by Gasteiger charge is 2.11. The van der Waals surface area contributed by atoms with E-state index in [1.54, 1.807) is 11.3 Å². The van der Waals surface area contributed by atoms with E-state index in [0.29, 0.717) is 6.04 Å². The first-order chi connectivity index (χ1) is 8.58. The summed E-state index contributed by atoms with van der Waals surface area (Å²) in [4.78, 5) is 4.40. The Balaban J connectivity index is 2.15. The fourth-order valence-electron chi connectivity index (χ4n) is 1.95. The summed E-state index contributed by atoms with van der Waals surface area (Å²) in [5.74, 6) is 0.736. The molecule has 0 aliphatic rings. The predicted octanol–water partition coefficient (Wildman–Crippen LogP) is 5.19. The second-order valence-electron chi connectivity index (χ2n) is 5.14. The van der Waals surface area contributed by atoms with Gasteiger partial charge in [-0.05, 0) is 37.8 Å². The van der Waals surface area contributed by atoms with Gasteiger partial charge in [0.2, 0.25) is 0 Å². The predicted molar refractivity (Wildman–Crippen MR) is 81.8 cm³/mol. The summed E-state index contributed by atoms with van der Waals surface area (Å²) >= 11 is 7.91. The molecule has 2 nitrogen and oxygen atoms in total. The zero-order chi connectivity index (χ0) is 13.1. The molecular weight excluding hydrogens is 264 g/mol. The summed E-state index contributed by atoms with van der Waals surface area (Å²) in [6.07, 6.45) is 2.37. The number of nitrogens with zero attached hydrogens (tertiary/aromatic N) is 1. The number of hydrogen-bond acceptors (Lipinski definition) is 3. The molecule has 0 bridgehead atoms. The van der Waals surface area contributed by atoms with Gasteiger partial charge in [0.05, 0.1) is 20.9 Å². The normalized spacial score (nSPS) is 13.2. The van der Waals surface area contributed by atoms with E-state index < -0.39 is 0 Å². The van der Waals surface area contributed by atoms with E-state index in [-0.39, 0.29) is 0 Å². The maximum Gasteiger partial charge on any atom is 0.106 e. The number of halogens is 1. The molecule has 0 radical (unpaired) electrons. The number of thiazole rings is 1. The zero-order valence-electron chi connectivity index (χ0n) is 11.0. The fourth-order valence-corrected chi connectivity index (χ4v) is 2.84. The summed E-state index contributed by atoms with van der Waals surface area (Å²) in [6.45, 7) is 6.70. The van der Waals surface area contributed by atoms with Crippen molar-refractivity contribution in [3.05, 3.63) is 22.7 Å². The average molecular weight is 283 g/mol. The Morgan fingerprint density at radius 1 is 1.28 bits per heavy atom. The van der Waals surface area contributed by atoms with Crippen molar-refractivity contribution in [3.8, 4) is 0 Å². The Bertz CT molecular complexity index is 521. The van der Waals surface area contributed by atoms with E-state index in [1.165, 1.54) is 11.1 Å². The number of rotatable bonds is 5. The molecule has 2 aromatic rings. The summed E-state index contributed by atoms with van der Waals surface area (Å²) in [6, 6.07) is 4.39. The highest BCUT2D eigenvalue weighted by molar-refractivity contribution is 7.16. The van der Waals surface area contributed by atoms with Gasteiger partial charge < -0.3 is 5.32 Å². The van der Waals surface area contributed by atoms with Crippen molar-refractivity contribution >= 4 is 38.8 Å². The molecule has 0 amide bonds. The lowest BCUT2D eigenvalue weighted by atomic mass is 10.0. The summed E-state index contributed by atoms with van der Waals surface area (Å²) < 4.78 is 1.18. The largest absolute Gasteiger partial charge is 0.380 e. The van der Waals surface area contributed by atoms with Crippen molar-refractivity contribution in [3.63, 3.8) is 0 Å². The number of nitrogens with one attached hydrogen (secondary N) is 1. The van der Waals surface area contributed by atoms with Gasteiger partial charge in [-0.3, -0.25) is 0 Å². The highest BCUT2D eigenvalue weighted by atomic mass is 35.5. The van der Waals surface area contributed by atoms with Crippen LogP contribution in [0, 0.1) is 5.92 Å². The molecule has 1 heterocycles. The summed E-state index contributed by atoms with van der Waals surface area (Å²) in [5.41, 5.74) is 3.83. The number of anilines is 1. The Kier molecular flexibility index (Phi) is 4.46. The molecule has 0 aliphatic carbocycles. The lowest BCUT2D eigenvalue weighted by Gasteiger charge is -2.17. The lowest BCUT2D eigenvalue weighted by molar-refractivity contribution is 0.528. The number of hydrogen-bond donors (Lipinski definition) is 1. The molecule has 1 aromatic heterocycles. The summed E-state index contributed by atoms with van der Waals surface area (Å²) in [5, 5.41) is 4.26. The van der Waals surface area contributed by atoms with E-state index in [0.717, 1.165) is 28.6 Å². The van der Waals surface area contributed by atoms with E-state index >= 15 is 0 Å². The van der Waals surface area contributed by atoms with Gasteiger partial charge in [-0.25, -0.2) is 4.98 Å². The standard InChI is InChI=1S/C14H19ClN2S/c1-9(2)4-5-10(3)17-13-11(15)6-7-12-14(13)16-8-18-12/h6-10,17H,4-5H2,1-3H3. The minimum Gasteiger partial charge on any atom is -0.380 e. The minimum absolute atomic E-state index is 0.414. The van der Waals surface area contributed by atoms with Crippen LogP contribution in [-0.4, -0.2) is 11.0 Å². The number of benzene rings is 1. The monoisotopic (exact) mass is 282 g/mol. The Hall–Kier alpha value is -0.800. The van der Waals surface area contributed by atoms with E-state index in [9.17, 15) is 0 Å². The van der Waals surface area contributed by atoms with E-state index in [1.807, 2.05) is 17.6 Å². The maximum atomic E-state index is 6.27. The van der Waals surface area contributed by atoms with Crippen molar-refractivity contribution in [2.24, 2.45) is 5.92 Å². The molecule has 1 atom stereocenters. The lowest BCUT2D eigenvalue weighted by Crippen LogP contribution is -2.16. The topological polar surface area (TPSA) is 24.9 Å². The van der Waals surface area contributed by atoms with E-state index in [2.05, 4.69) is 31.1 Å². The average Bonchev–Trinajstić information content (AvgIpc) is 2.78.